The number of nitrogens with zero attached hydrogens (tertiary/aromatic N) is 14. The smallest absolute Gasteiger partial charge is 0.435 e. The standard InChI is InChI=1S/2C7H9N3O4.C7H11N3O2.2C7H11NO4.2C6H11NO3.C5H7N3O3.C5H11NO2.CH4O.6ClH/c2*1-3-14-6(11)5-4-8-7(9(5)2)10(12)13;1-3-12-6(11)5-4-9-7(8)10(5)2;2*1-3-12-7(11)6(4-9)8(2)5-10;1-3-10-6(9)4-7(2)5-8;1-3-10-6(9)5(4-8)7-2;1-7-4(3-9)2-6-5(7)8(10)11;1-3-8-5(7)4-6-2;1-2;;;;;;/h2*4H,3H2,1-2H3;4H,3H2,1-2H3,(H2,8,9);2*4-6H,3H2,1-2H3;5H,3-4H2,1-2H3;4-5,7H,3H2,1-2H3;2,9H,3H2,1H3;6H,3-4H2,1-2H3;2H,1H3;6*1H. The monoisotopic (exact) mass is 1730 g/mol. The van der Waals surface area contributed by atoms with Gasteiger partial charge in [-0.15, -0.1) is 74.4 Å². The third-order valence-electron chi connectivity index (χ3n) is 11.1. The van der Waals surface area contributed by atoms with E-state index in [2.05, 4.69) is 63.7 Å². The predicted octanol–water partition coefficient (Wildman–Crippen LogP) is 0.302. The van der Waals surface area contributed by atoms with E-state index in [0.717, 1.165) is 38.4 Å². The number of rotatable bonds is 31. The van der Waals surface area contributed by atoms with Crippen molar-refractivity contribution in [1.82, 2.24) is 63.5 Å². The number of aliphatic hydroxyl groups is 2. The second-order valence-electron chi connectivity index (χ2n) is 18.3. The Kier molecular flexibility index (Phi) is 89.0. The van der Waals surface area contributed by atoms with Gasteiger partial charge in [0, 0.05) is 35.3 Å². The molecule has 111 heavy (non-hydrogen) atoms. The van der Waals surface area contributed by atoms with Crippen molar-refractivity contribution in [3.63, 3.8) is 0 Å². The average Bonchev–Trinajstić information content (AvgIpc) is 1.72. The van der Waals surface area contributed by atoms with Crippen LogP contribution < -0.4 is 16.4 Å². The summed E-state index contributed by atoms with van der Waals surface area (Å²) in [5.74, 6) is -4.86. The largest absolute Gasteiger partial charge is 0.465 e. The van der Waals surface area contributed by atoms with E-state index in [-0.39, 0.29) is 155 Å². The summed E-state index contributed by atoms with van der Waals surface area (Å²) in [6.07, 6.45) is 7.54. The first-order valence-corrected chi connectivity index (χ1v) is 30.4. The number of hydrogen-bond acceptors (Lipinski definition) is 37. The van der Waals surface area contributed by atoms with Crippen LogP contribution in [0.2, 0.25) is 0 Å². The number of nitro groups is 3. The summed E-state index contributed by atoms with van der Waals surface area (Å²) in [5.41, 5.74) is 6.35. The van der Waals surface area contributed by atoms with E-state index >= 15 is 0 Å². The topological polar surface area (TPSA) is 614 Å². The fourth-order valence-electron chi connectivity index (χ4n) is 6.00. The molecule has 4 aromatic rings. The van der Waals surface area contributed by atoms with Crippen LogP contribution in [0.1, 0.15) is 92.5 Å². The first kappa shape index (κ1) is 127. The quantitative estimate of drug-likeness (QED) is 0.0113. The molecule has 0 aliphatic rings. The number of nitrogen functional groups attached to an aromatic ring is 1. The van der Waals surface area contributed by atoms with Crippen molar-refractivity contribution >= 4 is 184 Å². The number of nitrogens with two attached hydrogens (primary N) is 1. The van der Waals surface area contributed by atoms with Crippen molar-refractivity contribution in [2.24, 2.45) is 28.2 Å². The molecule has 0 aliphatic heterocycles. The minimum absolute atomic E-state index is 0. The molecule has 0 aliphatic carbocycles. The Morgan fingerprint density at radius 2 is 0.784 bits per heavy atom. The lowest BCUT2D eigenvalue weighted by atomic mass is 10.3. The van der Waals surface area contributed by atoms with Gasteiger partial charge in [-0.3, -0.25) is 24.0 Å². The van der Waals surface area contributed by atoms with Gasteiger partial charge < -0.3 is 128 Å². The van der Waals surface area contributed by atoms with Gasteiger partial charge in [-0.25, -0.2) is 47.5 Å². The van der Waals surface area contributed by atoms with Crippen LogP contribution in [0.15, 0.2) is 24.8 Å². The lowest BCUT2D eigenvalue weighted by Crippen LogP contribution is -2.40. The van der Waals surface area contributed by atoms with Crippen LogP contribution in [0.3, 0.4) is 0 Å². The maximum absolute atomic E-state index is 11.2. The molecule has 0 spiro atoms. The molecule has 0 bridgehead atoms. The van der Waals surface area contributed by atoms with Crippen LogP contribution in [0.25, 0.3) is 0 Å². The third kappa shape index (κ3) is 54.0. The molecular formula is C58H101Cl6N17O30. The minimum atomic E-state index is -1.12. The number of aromatic nitrogens is 8. The number of esters is 8. The number of aliphatic hydroxyl groups excluding tert-OH is 2. The molecule has 0 aromatic carbocycles. The molecule has 0 saturated heterocycles. The molecule has 4 aromatic heterocycles. The number of carbonyl (C=O) groups is 14. The maximum atomic E-state index is 11.2. The maximum Gasteiger partial charge on any atom is 0.435 e. The van der Waals surface area contributed by atoms with Crippen LogP contribution >= 0.6 is 74.4 Å². The van der Waals surface area contributed by atoms with E-state index in [0.29, 0.717) is 88.4 Å². The minimum Gasteiger partial charge on any atom is -0.465 e. The summed E-state index contributed by atoms with van der Waals surface area (Å²) in [6, 6.07) is -3.06. The predicted molar refractivity (Wildman–Crippen MR) is 405 cm³/mol. The first-order chi connectivity index (χ1) is 49.6. The van der Waals surface area contributed by atoms with Crippen LogP contribution in [-0.2, 0) is 125 Å². The molecule has 3 atom stereocenters. The van der Waals surface area contributed by atoms with Crippen LogP contribution in [-0.4, -0.2) is 290 Å². The number of aldehydes is 3. The van der Waals surface area contributed by atoms with Gasteiger partial charge in [0.2, 0.25) is 36.6 Å². The summed E-state index contributed by atoms with van der Waals surface area (Å²) in [6.45, 7) is 15.9. The van der Waals surface area contributed by atoms with Gasteiger partial charge in [-0.1, -0.05) is 15.0 Å². The number of anilines is 1. The summed E-state index contributed by atoms with van der Waals surface area (Å²) in [5, 5.41) is 51.8. The number of hydrogen-bond donors (Lipinski definition) is 5. The SMILES string of the molecule is CCOC(=O)C(C=O)N(C)C=O.CCOC(=O)C(C=O)N(C)C=O.CCOC(=O)C(C=O)NC.CCOC(=O)CN(C)C=O.CCOC(=O)CNC.CCOC(=O)c1cnc(N)n1C.CCOC(=O)c1cnc([N+](=O)[O-])n1C.CCOC(=O)c1cnc([N+](=O)[O-])n1C.CO.Cl.Cl.Cl.Cl.Cl.Cl.Cn1c(CO)cnc1[N+](=O)[O-]. The fraction of sp³-hybridized carbons (Fsp3) is 0.552. The highest BCUT2D eigenvalue weighted by atomic mass is 35.5. The molecule has 6 N–H and O–H groups in total. The lowest BCUT2D eigenvalue weighted by molar-refractivity contribution is -0.396. The van der Waals surface area contributed by atoms with Gasteiger partial charge in [0.1, 0.15) is 37.0 Å². The van der Waals surface area contributed by atoms with Crippen molar-refractivity contribution in [1.29, 1.82) is 0 Å². The Balaban J connectivity index is -0.0000000987. The van der Waals surface area contributed by atoms with Crippen LogP contribution in [0.4, 0.5) is 23.8 Å². The number of carbonyl (C=O) groups excluding carboxylic acids is 14. The molecule has 0 saturated carbocycles. The number of imidazole rings is 4. The van der Waals surface area contributed by atoms with Gasteiger partial charge in [-0.05, 0) is 84.3 Å². The van der Waals surface area contributed by atoms with Crippen LogP contribution in [0.5, 0.6) is 0 Å². The van der Waals surface area contributed by atoms with Crippen molar-refractivity contribution in [2.45, 2.75) is 80.1 Å². The third-order valence-corrected chi connectivity index (χ3v) is 11.1. The van der Waals surface area contributed by atoms with Crippen molar-refractivity contribution < 1.29 is 130 Å². The van der Waals surface area contributed by atoms with Crippen molar-refractivity contribution in [2.75, 3.05) is 114 Å². The second kappa shape index (κ2) is 77.7. The van der Waals surface area contributed by atoms with Gasteiger partial charge >= 0.3 is 65.6 Å². The highest BCUT2D eigenvalue weighted by Crippen LogP contribution is 2.13. The summed E-state index contributed by atoms with van der Waals surface area (Å²) < 4.78 is 41.8. The molecule has 3 unspecified atom stereocenters. The molecule has 53 heteroatoms. The highest BCUT2D eigenvalue weighted by molar-refractivity contribution is 5.95. The van der Waals surface area contributed by atoms with E-state index in [1.807, 2.05) is 0 Å². The van der Waals surface area contributed by atoms with E-state index < -0.39 is 68.7 Å². The normalized spacial score (nSPS) is 9.59. The number of nitrogens with one attached hydrogen (secondary N) is 2. The number of amides is 3. The van der Waals surface area contributed by atoms with E-state index in [1.165, 1.54) is 75.8 Å². The molecule has 3 amide bonds. The van der Waals surface area contributed by atoms with Crippen LogP contribution in [0, 0.1) is 30.3 Å². The first-order valence-electron chi connectivity index (χ1n) is 30.4. The summed E-state index contributed by atoms with van der Waals surface area (Å²) in [7, 11) is 14.3. The Bertz CT molecular complexity index is 3210. The molecule has 0 fully saturated rings. The Morgan fingerprint density at radius 1 is 0.477 bits per heavy atom. The van der Waals surface area contributed by atoms with E-state index in [9.17, 15) is 97.5 Å². The lowest BCUT2D eigenvalue weighted by Gasteiger charge is -2.16. The zero-order valence-electron chi connectivity index (χ0n) is 63.9. The molecule has 0 radical (unpaired) electrons. The second-order valence-corrected chi connectivity index (χ2v) is 18.3. The molecular weight excluding hydrogens is 1630 g/mol. The van der Waals surface area contributed by atoms with Crippen molar-refractivity contribution in [3.8, 4) is 0 Å². The Hall–Kier alpha value is -10.4. The number of likely N-dealkylation sites (N-methyl/N-ethyl adjacent to an activating group) is 5. The zero-order valence-corrected chi connectivity index (χ0v) is 68.8. The van der Waals surface area contributed by atoms with Gasteiger partial charge in [0.25, 0.3) is 0 Å². The van der Waals surface area contributed by atoms with Gasteiger partial charge in [0.15, 0.2) is 43.1 Å². The Morgan fingerprint density at radius 3 is 1.02 bits per heavy atom. The number of halogens is 6. The van der Waals surface area contributed by atoms with Gasteiger partial charge in [0.05, 0.1) is 86.7 Å². The van der Waals surface area contributed by atoms with Crippen molar-refractivity contribution in [3.05, 3.63) is 77.9 Å². The fourth-order valence-corrected chi connectivity index (χ4v) is 6.00. The Labute approximate surface area is 674 Å². The number of ether oxygens (including phenoxy) is 8. The molecule has 640 valence electrons. The molecule has 4 rings (SSSR count). The van der Waals surface area contributed by atoms with E-state index in [1.54, 1.807) is 69.5 Å². The molecule has 47 nitrogen and oxygen atoms in total. The zero-order chi connectivity index (χ0) is 82.5. The van der Waals surface area contributed by atoms with E-state index in [4.69, 9.17) is 20.7 Å². The summed E-state index contributed by atoms with van der Waals surface area (Å²) >= 11 is 0. The summed E-state index contributed by atoms with van der Waals surface area (Å²) in [4.78, 5) is 194. The van der Waals surface area contributed by atoms with Gasteiger partial charge in [-0.2, -0.15) is 0 Å². The highest BCUT2D eigenvalue weighted by Gasteiger charge is 2.26. The molecule has 4 heterocycles. The average molecular weight is 1730 g/mol.